The van der Waals surface area contributed by atoms with Crippen molar-refractivity contribution in [3.05, 3.63) is 0 Å². The first-order valence-corrected chi connectivity index (χ1v) is 8.26. The highest BCUT2D eigenvalue weighted by Crippen LogP contribution is 2.26. The summed E-state index contributed by atoms with van der Waals surface area (Å²) in [4.78, 5) is 45.9. The number of rotatable bonds is 7. The predicted octanol–water partition coefficient (Wildman–Crippen LogP) is -0.585. The molecule has 26 heavy (non-hydrogen) atoms. The van der Waals surface area contributed by atoms with Gasteiger partial charge >= 0.3 is 17.9 Å². The maximum Gasteiger partial charge on any atom is 0.303 e. The molecule has 0 aromatic carbocycles. The number of aliphatic hydroxyl groups excluding tert-OH is 1. The number of amides is 1. The van der Waals surface area contributed by atoms with Gasteiger partial charge in [-0.1, -0.05) is 6.92 Å². The number of carbonyl (C=O) groups is 4. The first kappa shape index (κ1) is 21.8. The first-order chi connectivity index (χ1) is 12.1. The van der Waals surface area contributed by atoms with Crippen molar-refractivity contribution in [3.63, 3.8) is 0 Å². The van der Waals surface area contributed by atoms with Crippen LogP contribution in [0.15, 0.2) is 0 Å². The van der Waals surface area contributed by atoms with E-state index in [0.29, 0.717) is 6.42 Å². The zero-order valence-electron chi connectivity index (χ0n) is 15.2. The normalized spacial score (nSPS) is 28.0. The van der Waals surface area contributed by atoms with E-state index >= 15 is 0 Å². The molecule has 1 saturated heterocycles. The topological polar surface area (TPSA) is 137 Å². The number of carbonyl (C=O) groups excluding carboxylic acids is 4. The fourth-order valence-corrected chi connectivity index (χ4v) is 2.56. The molecule has 0 spiro atoms. The summed E-state index contributed by atoms with van der Waals surface area (Å²) in [5, 5.41) is 12.8. The first-order valence-electron chi connectivity index (χ1n) is 8.26. The number of esters is 3. The SMILES string of the molecule is CCCC(=O)NC1C(OC(C)=O)[C@H](OC(C)=O)C(COC(C)=O)O[C@H]1O. The Labute approximate surface area is 151 Å². The fourth-order valence-electron chi connectivity index (χ4n) is 2.56. The quantitative estimate of drug-likeness (QED) is 0.442. The third kappa shape index (κ3) is 6.60. The molecule has 1 amide bonds. The van der Waals surface area contributed by atoms with Gasteiger partial charge in [0.05, 0.1) is 0 Å². The predicted molar refractivity (Wildman–Crippen MR) is 85.5 cm³/mol. The Balaban J connectivity index is 3.10. The highest BCUT2D eigenvalue weighted by Gasteiger charge is 2.50. The second-order valence-corrected chi connectivity index (χ2v) is 5.86. The third-order valence-corrected chi connectivity index (χ3v) is 3.53. The zero-order valence-corrected chi connectivity index (χ0v) is 15.2. The van der Waals surface area contributed by atoms with Crippen LogP contribution in [0.5, 0.6) is 0 Å². The molecular formula is C16H25NO9. The van der Waals surface area contributed by atoms with Crippen molar-refractivity contribution in [2.75, 3.05) is 6.61 Å². The summed E-state index contributed by atoms with van der Waals surface area (Å²) in [6.07, 6.45) is -4.30. The van der Waals surface area contributed by atoms with E-state index in [9.17, 15) is 24.3 Å². The minimum Gasteiger partial charge on any atom is -0.463 e. The van der Waals surface area contributed by atoms with Gasteiger partial charge in [0.25, 0.3) is 0 Å². The third-order valence-electron chi connectivity index (χ3n) is 3.53. The van der Waals surface area contributed by atoms with Gasteiger partial charge in [-0.25, -0.2) is 0 Å². The van der Waals surface area contributed by atoms with Crippen LogP contribution in [0.2, 0.25) is 0 Å². The highest BCUT2D eigenvalue weighted by atomic mass is 16.7. The van der Waals surface area contributed by atoms with Crippen LogP contribution in [-0.4, -0.2) is 66.2 Å². The fraction of sp³-hybridized carbons (Fsp3) is 0.750. The van der Waals surface area contributed by atoms with Crippen LogP contribution in [0.4, 0.5) is 0 Å². The van der Waals surface area contributed by atoms with Gasteiger partial charge in [0.2, 0.25) is 5.91 Å². The summed E-state index contributed by atoms with van der Waals surface area (Å²) in [6, 6.07) is -1.16. The van der Waals surface area contributed by atoms with Crippen molar-refractivity contribution in [2.24, 2.45) is 0 Å². The average Bonchev–Trinajstić information content (AvgIpc) is 2.51. The van der Waals surface area contributed by atoms with E-state index in [1.807, 2.05) is 0 Å². The van der Waals surface area contributed by atoms with Crippen molar-refractivity contribution in [3.8, 4) is 0 Å². The summed E-state index contributed by atoms with van der Waals surface area (Å²) in [6.45, 7) is 4.92. The van der Waals surface area contributed by atoms with Gasteiger partial charge in [-0.3, -0.25) is 19.2 Å². The van der Waals surface area contributed by atoms with Crippen LogP contribution < -0.4 is 5.32 Å². The molecule has 1 heterocycles. The lowest BCUT2D eigenvalue weighted by molar-refractivity contribution is -0.264. The molecule has 2 N–H and O–H groups in total. The van der Waals surface area contributed by atoms with Crippen molar-refractivity contribution in [1.29, 1.82) is 0 Å². The summed E-state index contributed by atoms with van der Waals surface area (Å²) in [5.41, 5.74) is 0. The van der Waals surface area contributed by atoms with Crippen molar-refractivity contribution in [1.82, 2.24) is 5.32 Å². The molecular weight excluding hydrogens is 350 g/mol. The molecule has 1 aliphatic rings. The van der Waals surface area contributed by atoms with Crippen LogP contribution >= 0.6 is 0 Å². The standard InChI is InChI=1S/C16H25NO9/c1-5-6-12(21)17-13-15(25-10(4)20)14(24-9(3)19)11(26-16(13)22)7-23-8(2)18/h11,13-16,22H,5-7H2,1-4H3,(H,17,21)/t11?,13?,14-,15?,16-/m1/s1. The lowest BCUT2D eigenvalue weighted by Gasteiger charge is -2.43. The summed E-state index contributed by atoms with van der Waals surface area (Å²) < 4.78 is 20.6. The van der Waals surface area contributed by atoms with Gasteiger partial charge in [-0.15, -0.1) is 0 Å². The lowest BCUT2D eigenvalue weighted by atomic mass is 9.96. The molecule has 1 aliphatic heterocycles. The molecule has 1 fully saturated rings. The van der Waals surface area contributed by atoms with Crippen LogP contribution in [0.1, 0.15) is 40.5 Å². The summed E-state index contributed by atoms with van der Waals surface area (Å²) >= 11 is 0. The van der Waals surface area contributed by atoms with Crippen LogP contribution in [0.3, 0.4) is 0 Å². The molecule has 5 atom stereocenters. The molecule has 10 nitrogen and oxygen atoms in total. The van der Waals surface area contributed by atoms with E-state index in [0.717, 1.165) is 13.8 Å². The second kappa shape index (κ2) is 10.1. The van der Waals surface area contributed by atoms with E-state index in [-0.39, 0.29) is 13.0 Å². The minimum absolute atomic E-state index is 0.186. The molecule has 148 valence electrons. The molecule has 0 aromatic rings. The maximum atomic E-state index is 11.9. The van der Waals surface area contributed by atoms with E-state index in [4.69, 9.17) is 18.9 Å². The van der Waals surface area contributed by atoms with E-state index in [1.54, 1.807) is 6.92 Å². The van der Waals surface area contributed by atoms with Crippen LogP contribution in [-0.2, 0) is 38.1 Å². The largest absolute Gasteiger partial charge is 0.463 e. The van der Waals surface area contributed by atoms with Gasteiger partial charge in [-0.2, -0.15) is 0 Å². The molecule has 0 aliphatic carbocycles. The molecule has 0 bridgehead atoms. The Hall–Kier alpha value is -2.20. The number of ether oxygens (including phenoxy) is 4. The Morgan fingerprint density at radius 3 is 2.08 bits per heavy atom. The molecule has 0 aromatic heterocycles. The van der Waals surface area contributed by atoms with E-state index < -0.39 is 54.5 Å². The van der Waals surface area contributed by atoms with Gasteiger partial charge in [0.15, 0.2) is 18.5 Å². The number of hydrogen-bond acceptors (Lipinski definition) is 9. The highest BCUT2D eigenvalue weighted by molar-refractivity contribution is 5.76. The molecule has 1 rings (SSSR count). The van der Waals surface area contributed by atoms with Gasteiger partial charge in [0, 0.05) is 27.2 Å². The summed E-state index contributed by atoms with van der Waals surface area (Å²) in [5.74, 6) is -2.40. The lowest BCUT2D eigenvalue weighted by Crippen LogP contribution is -2.66. The monoisotopic (exact) mass is 375 g/mol. The zero-order chi connectivity index (χ0) is 19.9. The van der Waals surface area contributed by atoms with Gasteiger partial charge in [0.1, 0.15) is 18.8 Å². The Bertz CT molecular complexity index is 536. The minimum atomic E-state index is -1.56. The number of hydrogen-bond donors (Lipinski definition) is 2. The smallest absolute Gasteiger partial charge is 0.303 e. The summed E-state index contributed by atoms with van der Waals surface area (Å²) in [7, 11) is 0. The van der Waals surface area contributed by atoms with Gasteiger partial charge in [-0.05, 0) is 6.42 Å². The van der Waals surface area contributed by atoms with Crippen molar-refractivity contribution < 1.29 is 43.2 Å². The molecule has 3 unspecified atom stereocenters. The van der Waals surface area contributed by atoms with Crippen LogP contribution in [0.25, 0.3) is 0 Å². The Kier molecular flexibility index (Phi) is 8.46. The second-order valence-electron chi connectivity index (χ2n) is 5.86. The van der Waals surface area contributed by atoms with E-state index in [2.05, 4.69) is 5.32 Å². The maximum absolute atomic E-state index is 11.9. The average molecular weight is 375 g/mol. The Morgan fingerprint density at radius 1 is 1.00 bits per heavy atom. The molecule has 0 saturated carbocycles. The number of nitrogens with one attached hydrogen (secondary N) is 1. The Morgan fingerprint density at radius 2 is 1.58 bits per heavy atom. The van der Waals surface area contributed by atoms with Crippen molar-refractivity contribution >= 4 is 23.8 Å². The van der Waals surface area contributed by atoms with Gasteiger partial charge < -0.3 is 29.4 Å². The molecule has 10 heteroatoms. The van der Waals surface area contributed by atoms with Crippen molar-refractivity contribution in [2.45, 2.75) is 71.2 Å². The number of aliphatic hydroxyl groups is 1. The van der Waals surface area contributed by atoms with E-state index in [1.165, 1.54) is 6.92 Å². The molecule has 0 radical (unpaired) electrons. The van der Waals surface area contributed by atoms with Crippen LogP contribution in [0, 0.1) is 0 Å².